The number of hydrogen-bond acceptors (Lipinski definition) is 7. The van der Waals surface area contributed by atoms with Crippen LogP contribution in [0.4, 0.5) is 18.9 Å². The molecule has 0 bridgehead atoms. The van der Waals surface area contributed by atoms with Crippen molar-refractivity contribution in [3.8, 4) is 16.9 Å². The van der Waals surface area contributed by atoms with Gasteiger partial charge < -0.3 is 19.5 Å². The maximum Gasteiger partial charge on any atom is 0.416 e. The van der Waals surface area contributed by atoms with Crippen molar-refractivity contribution in [1.82, 2.24) is 19.7 Å². The SMILES string of the molecule is COc1cc(-c2cn(C)c(=O)c3ccccc23)cc(Cl)c1CC1CCN(CC(=O)N2CCC(c3ccc(NC4CCC(=O)NC4=O)cc3C(F)(F)F)CC2)CC1. The summed E-state index contributed by atoms with van der Waals surface area (Å²) in [7, 11) is 3.36. The number of aryl methyl sites for hydroxylation is 1. The lowest BCUT2D eigenvalue weighted by atomic mass is 9.86. The molecule has 4 aromatic rings. The van der Waals surface area contributed by atoms with Gasteiger partial charge in [0.15, 0.2) is 0 Å². The molecule has 4 heterocycles. The average Bonchev–Trinajstić information content (AvgIpc) is 3.18. The first-order valence-electron chi connectivity index (χ1n) is 19.1. The number of pyridine rings is 1. The quantitative estimate of drug-likeness (QED) is 0.180. The first kappa shape index (κ1) is 39.4. The molecule has 3 aliphatic rings. The molecule has 0 aliphatic carbocycles. The van der Waals surface area contributed by atoms with Gasteiger partial charge in [-0.1, -0.05) is 35.9 Å². The molecule has 1 atom stereocenters. The van der Waals surface area contributed by atoms with Crippen LogP contribution in [0.25, 0.3) is 21.9 Å². The number of piperidine rings is 3. The minimum Gasteiger partial charge on any atom is -0.496 e. The molecule has 3 aliphatic heterocycles. The third-order valence-electron chi connectivity index (χ3n) is 11.6. The fraction of sp³-hybridized carbons (Fsp3) is 0.429. The van der Waals surface area contributed by atoms with E-state index in [1.165, 1.54) is 6.07 Å². The number of nitrogens with zero attached hydrogens (tertiary/aromatic N) is 3. The average molecular weight is 792 g/mol. The number of anilines is 1. The monoisotopic (exact) mass is 791 g/mol. The number of ether oxygens (including phenoxy) is 1. The lowest BCUT2D eigenvalue weighted by Crippen LogP contribution is -2.47. The van der Waals surface area contributed by atoms with E-state index in [-0.39, 0.29) is 48.0 Å². The molecule has 3 aromatic carbocycles. The van der Waals surface area contributed by atoms with Crippen LogP contribution in [0, 0.1) is 5.92 Å². The molecule has 3 amide bonds. The van der Waals surface area contributed by atoms with Crippen LogP contribution < -0.4 is 20.9 Å². The van der Waals surface area contributed by atoms with Gasteiger partial charge in [-0.3, -0.25) is 29.4 Å². The van der Waals surface area contributed by atoms with Crippen molar-refractivity contribution in [3.63, 3.8) is 0 Å². The number of carbonyl (C=O) groups is 3. The number of amides is 3. The van der Waals surface area contributed by atoms with Crippen molar-refractivity contribution < 1.29 is 32.3 Å². The first-order valence-corrected chi connectivity index (χ1v) is 19.4. The van der Waals surface area contributed by atoms with Gasteiger partial charge in [-0.05, 0) is 110 Å². The maximum absolute atomic E-state index is 14.3. The first-order chi connectivity index (χ1) is 26.8. The Morgan fingerprint density at radius 2 is 1.66 bits per heavy atom. The van der Waals surface area contributed by atoms with Gasteiger partial charge in [0.05, 0.1) is 19.2 Å². The van der Waals surface area contributed by atoms with Crippen LogP contribution in [-0.2, 0) is 34.0 Å². The highest BCUT2D eigenvalue weighted by Crippen LogP contribution is 2.41. The summed E-state index contributed by atoms with van der Waals surface area (Å²) >= 11 is 6.93. The van der Waals surface area contributed by atoms with Crippen molar-refractivity contribution in [3.05, 3.63) is 92.9 Å². The highest BCUT2D eigenvalue weighted by molar-refractivity contribution is 6.32. The molecule has 2 N–H and O–H groups in total. The van der Waals surface area contributed by atoms with Crippen LogP contribution in [0.1, 0.15) is 61.1 Å². The van der Waals surface area contributed by atoms with Crippen molar-refractivity contribution in [1.29, 1.82) is 0 Å². The summed E-state index contributed by atoms with van der Waals surface area (Å²) in [6.07, 6.45) is 0.834. The Kier molecular flexibility index (Phi) is 11.5. The highest BCUT2D eigenvalue weighted by atomic mass is 35.5. The van der Waals surface area contributed by atoms with E-state index in [4.69, 9.17) is 16.3 Å². The number of carbonyl (C=O) groups excluding carboxylic acids is 3. The topological polar surface area (TPSA) is 113 Å². The molecule has 3 saturated heterocycles. The van der Waals surface area contributed by atoms with Gasteiger partial charge in [-0.2, -0.15) is 13.2 Å². The molecule has 56 heavy (non-hydrogen) atoms. The highest BCUT2D eigenvalue weighted by Gasteiger charge is 2.37. The Hall–Kier alpha value is -4.88. The summed E-state index contributed by atoms with van der Waals surface area (Å²) in [5, 5.41) is 7.13. The molecule has 1 unspecified atom stereocenters. The van der Waals surface area contributed by atoms with E-state index in [0.717, 1.165) is 60.5 Å². The summed E-state index contributed by atoms with van der Waals surface area (Å²) in [6, 6.07) is 14.7. The molecule has 1 aromatic heterocycles. The van der Waals surface area contributed by atoms with E-state index < -0.39 is 29.6 Å². The summed E-state index contributed by atoms with van der Waals surface area (Å²) in [5.74, 6) is -0.315. The molecule has 3 fully saturated rings. The minimum atomic E-state index is -4.60. The summed E-state index contributed by atoms with van der Waals surface area (Å²) < 4.78 is 50.2. The van der Waals surface area contributed by atoms with Crippen LogP contribution in [-0.4, -0.2) is 78.0 Å². The number of halogens is 4. The van der Waals surface area contributed by atoms with Crippen molar-refractivity contribution in [2.24, 2.45) is 13.0 Å². The van der Waals surface area contributed by atoms with Gasteiger partial charge in [0.1, 0.15) is 11.8 Å². The van der Waals surface area contributed by atoms with E-state index >= 15 is 0 Å². The fourth-order valence-corrected chi connectivity index (χ4v) is 8.73. The van der Waals surface area contributed by atoms with Crippen LogP contribution >= 0.6 is 11.6 Å². The largest absolute Gasteiger partial charge is 0.496 e. The lowest BCUT2D eigenvalue weighted by Gasteiger charge is -2.36. The minimum absolute atomic E-state index is 0.0204. The lowest BCUT2D eigenvalue weighted by molar-refractivity contribution is -0.139. The van der Waals surface area contributed by atoms with E-state index in [1.54, 1.807) is 29.7 Å². The van der Waals surface area contributed by atoms with Crippen LogP contribution in [0.5, 0.6) is 5.75 Å². The van der Waals surface area contributed by atoms with Gasteiger partial charge in [0.2, 0.25) is 17.7 Å². The maximum atomic E-state index is 14.3. The predicted octanol–water partition coefficient (Wildman–Crippen LogP) is 6.76. The summed E-state index contributed by atoms with van der Waals surface area (Å²) in [5.41, 5.74) is 2.21. The predicted molar refractivity (Wildman–Crippen MR) is 209 cm³/mol. The second-order valence-electron chi connectivity index (χ2n) is 15.2. The number of benzene rings is 3. The van der Waals surface area contributed by atoms with Crippen molar-refractivity contribution >= 4 is 45.8 Å². The molecule has 296 valence electrons. The molecule has 14 heteroatoms. The number of rotatable bonds is 9. The van der Waals surface area contributed by atoms with Crippen LogP contribution in [0.3, 0.4) is 0 Å². The van der Waals surface area contributed by atoms with Gasteiger partial charge in [-0.25, -0.2) is 0 Å². The molecule has 7 rings (SSSR count). The standard InChI is InChI=1S/C42H45ClF3N5O5/c1-49-23-33(30-5-3-4-6-31(30)41(49)55)27-20-35(43)32(37(21-27)56-2)19-25-11-15-50(16-12-25)24-39(53)51-17-13-26(14-18-51)29-8-7-28(22-34(29)42(44,45)46)47-36-9-10-38(52)48-40(36)54/h3-8,20-23,25-26,36,47H,9-19,24H2,1-2H3,(H,48,52,54). The molecular formula is C42H45ClF3N5O5. The Balaban J connectivity index is 0.929. The second kappa shape index (κ2) is 16.3. The number of aromatic nitrogens is 1. The van der Waals surface area contributed by atoms with E-state index in [0.29, 0.717) is 48.0 Å². The number of imide groups is 1. The van der Waals surface area contributed by atoms with E-state index in [2.05, 4.69) is 15.5 Å². The third-order valence-corrected chi connectivity index (χ3v) is 11.9. The zero-order chi connectivity index (χ0) is 39.7. The van der Waals surface area contributed by atoms with Gasteiger partial charge in [0.25, 0.3) is 5.56 Å². The van der Waals surface area contributed by atoms with Crippen LogP contribution in [0.15, 0.2) is 65.6 Å². The number of methoxy groups -OCH3 is 1. The van der Waals surface area contributed by atoms with E-state index in [9.17, 15) is 32.3 Å². The van der Waals surface area contributed by atoms with Crippen molar-refractivity contribution in [2.45, 2.75) is 63.1 Å². The zero-order valence-corrected chi connectivity index (χ0v) is 32.1. The molecule has 10 nitrogen and oxygen atoms in total. The van der Waals surface area contributed by atoms with Gasteiger partial charge in [0, 0.05) is 60.0 Å². The summed E-state index contributed by atoms with van der Waals surface area (Å²) in [4.78, 5) is 53.6. The van der Waals surface area contributed by atoms with Crippen LogP contribution in [0.2, 0.25) is 5.02 Å². The molecule has 0 radical (unpaired) electrons. The Labute approximate surface area is 327 Å². The Morgan fingerprint density at radius 3 is 2.34 bits per heavy atom. The van der Waals surface area contributed by atoms with Gasteiger partial charge >= 0.3 is 6.18 Å². The zero-order valence-electron chi connectivity index (χ0n) is 31.4. The Bertz CT molecular complexity index is 2210. The fourth-order valence-electron chi connectivity index (χ4n) is 8.44. The normalized spacial score (nSPS) is 19.0. The third kappa shape index (κ3) is 8.44. The number of likely N-dealkylation sites (tertiary alicyclic amines) is 2. The second-order valence-corrected chi connectivity index (χ2v) is 15.6. The molecular weight excluding hydrogens is 747 g/mol. The summed E-state index contributed by atoms with van der Waals surface area (Å²) in [6.45, 7) is 2.48. The van der Waals surface area contributed by atoms with E-state index in [1.807, 2.05) is 42.6 Å². The molecule has 0 spiro atoms. The van der Waals surface area contributed by atoms with Gasteiger partial charge in [-0.15, -0.1) is 0 Å². The number of alkyl halides is 3. The number of hydrogen-bond donors (Lipinski definition) is 2. The molecule has 0 saturated carbocycles. The Morgan fingerprint density at radius 1 is 0.946 bits per heavy atom. The number of nitrogens with one attached hydrogen (secondary N) is 2. The smallest absolute Gasteiger partial charge is 0.416 e. The van der Waals surface area contributed by atoms with Crippen molar-refractivity contribution in [2.75, 3.05) is 45.2 Å². The number of fused-ring (bicyclic) bond motifs is 1.